The molecule has 5 nitrogen and oxygen atoms in total. The van der Waals surface area contributed by atoms with Gasteiger partial charge in [-0.05, 0) is 28.1 Å². The van der Waals surface area contributed by atoms with E-state index in [0.717, 1.165) is 6.20 Å². The lowest BCUT2D eigenvalue weighted by Gasteiger charge is -2.29. The van der Waals surface area contributed by atoms with Crippen molar-refractivity contribution in [2.75, 3.05) is 5.32 Å². The molecular weight excluding hydrogens is 413 g/mol. The third-order valence-corrected chi connectivity index (χ3v) is 3.57. The summed E-state index contributed by atoms with van der Waals surface area (Å²) in [4.78, 5) is 23.4. The second kappa shape index (κ2) is 5.76. The maximum atomic E-state index is 13.8. The van der Waals surface area contributed by atoms with Crippen molar-refractivity contribution in [2.45, 2.75) is 19.6 Å². The van der Waals surface area contributed by atoms with E-state index in [1.807, 2.05) is 0 Å². The normalized spacial score (nSPS) is 17.1. The Hall–Kier alpha value is -1.41. The number of esters is 2. The van der Waals surface area contributed by atoms with E-state index in [9.17, 15) is 14.0 Å². The van der Waals surface area contributed by atoms with E-state index < -0.39 is 23.5 Å². The molecule has 1 aromatic rings. The largest absolute Gasteiger partial charge is 0.419 e. The summed E-state index contributed by atoms with van der Waals surface area (Å²) < 4.78 is 24.6. The van der Waals surface area contributed by atoms with Gasteiger partial charge in [-0.15, -0.1) is 0 Å². The molecule has 1 saturated heterocycles. The van der Waals surface area contributed by atoms with Gasteiger partial charge in [0.1, 0.15) is 5.82 Å². The zero-order valence-electron chi connectivity index (χ0n) is 11.0. The molecule has 112 valence electrons. The number of hydrogen-bond acceptors (Lipinski definition) is 5. The van der Waals surface area contributed by atoms with Crippen molar-refractivity contribution in [1.82, 2.24) is 0 Å². The van der Waals surface area contributed by atoms with Crippen LogP contribution < -0.4 is 5.32 Å². The molecule has 0 saturated carbocycles. The van der Waals surface area contributed by atoms with E-state index in [1.165, 1.54) is 19.9 Å². The number of halogens is 3. The van der Waals surface area contributed by atoms with Gasteiger partial charge in [-0.3, -0.25) is 0 Å². The topological polar surface area (TPSA) is 64.6 Å². The van der Waals surface area contributed by atoms with Crippen LogP contribution in [0.2, 0.25) is 0 Å². The molecule has 0 amide bonds. The molecule has 1 aliphatic rings. The van der Waals surface area contributed by atoms with E-state index in [-0.39, 0.29) is 11.3 Å². The second-order valence-electron chi connectivity index (χ2n) is 4.63. The summed E-state index contributed by atoms with van der Waals surface area (Å²) in [6, 6.07) is 2.86. The fraction of sp³-hybridized carbons (Fsp3) is 0.231. The van der Waals surface area contributed by atoms with Crippen LogP contribution in [0.25, 0.3) is 0 Å². The molecule has 0 radical (unpaired) electrons. The number of carbonyl (C=O) groups excluding carboxylic acids is 2. The van der Waals surface area contributed by atoms with Gasteiger partial charge in [0.25, 0.3) is 5.79 Å². The van der Waals surface area contributed by atoms with Crippen LogP contribution in [0.5, 0.6) is 0 Å². The summed E-state index contributed by atoms with van der Waals surface area (Å²) in [6.07, 6.45) is 1.05. The lowest BCUT2D eigenvalue weighted by molar-refractivity contribution is -0.222. The van der Waals surface area contributed by atoms with Crippen LogP contribution in [-0.4, -0.2) is 17.7 Å². The van der Waals surface area contributed by atoms with Gasteiger partial charge < -0.3 is 14.8 Å². The molecule has 1 aromatic carbocycles. The van der Waals surface area contributed by atoms with Crippen LogP contribution in [0.4, 0.5) is 10.1 Å². The van der Waals surface area contributed by atoms with Crippen LogP contribution in [0.15, 0.2) is 32.9 Å². The summed E-state index contributed by atoms with van der Waals surface area (Å²) in [7, 11) is 0. The van der Waals surface area contributed by atoms with E-state index in [2.05, 4.69) is 37.2 Å². The molecule has 0 atom stereocenters. The number of rotatable bonds is 2. The Labute approximate surface area is 136 Å². The Morgan fingerprint density at radius 2 is 1.76 bits per heavy atom. The van der Waals surface area contributed by atoms with Gasteiger partial charge in [-0.1, -0.05) is 15.9 Å². The highest BCUT2D eigenvalue weighted by molar-refractivity contribution is 9.11. The summed E-state index contributed by atoms with van der Waals surface area (Å²) in [5.74, 6) is -3.55. The predicted octanol–water partition coefficient (Wildman–Crippen LogP) is 3.48. The van der Waals surface area contributed by atoms with Crippen LogP contribution >= 0.6 is 31.9 Å². The number of ether oxygens (including phenoxy) is 2. The number of carbonyl (C=O) groups is 2. The Balaban J connectivity index is 2.26. The number of nitrogens with one attached hydrogen (secondary N) is 1. The minimum Gasteiger partial charge on any atom is -0.419 e. The van der Waals surface area contributed by atoms with Gasteiger partial charge in [-0.2, -0.15) is 0 Å². The van der Waals surface area contributed by atoms with Gasteiger partial charge in [-0.25, -0.2) is 14.0 Å². The Morgan fingerprint density at radius 1 is 1.19 bits per heavy atom. The smallest absolute Gasteiger partial charge is 0.350 e. The zero-order valence-corrected chi connectivity index (χ0v) is 14.2. The summed E-state index contributed by atoms with van der Waals surface area (Å²) in [6.45, 7) is 2.88. The Morgan fingerprint density at radius 3 is 2.29 bits per heavy atom. The highest BCUT2D eigenvalue weighted by Crippen LogP contribution is 2.30. The maximum Gasteiger partial charge on any atom is 0.350 e. The molecule has 21 heavy (non-hydrogen) atoms. The SMILES string of the molecule is CC1(C)OC(=O)C(=CNc2c(F)cc(Br)cc2Br)C(=O)O1. The fourth-order valence-corrected chi connectivity index (χ4v) is 2.89. The van der Waals surface area contributed by atoms with Gasteiger partial charge in [0.2, 0.25) is 0 Å². The van der Waals surface area contributed by atoms with Crippen LogP contribution in [0.1, 0.15) is 13.8 Å². The standard InChI is InChI=1S/C13H10Br2FNO4/c1-13(2)20-11(18)7(12(19)21-13)5-17-10-8(15)3-6(14)4-9(10)16/h3-5,17H,1-2H3. The first kappa shape index (κ1) is 16.0. The average molecular weight is 423 g/mol. The number of hydrogen-bond donors (Lipinski definition) is 1. The van der Waals surface area contributed by atoms with E-state index in [4.69, 9.17) is 9.47 Å². The third-order valence-electron chi connectivity index (χ3n) is 2.48. The number of anilines is 1. The van der Waals surface area contributed by atoms with Crippen molar-refractivity contribution in [2.24, 2.45) is 0 Å². The third kappa shape index (κ3) is 3.62. The first-order valence-electron chi connectivity index (χ1n) is 5.77. The van der Waals surface area contributed by atoms with Gasteiger partial charge >= 0.3 is 11.9 Å². The molecule has 0 aliphatic carbocycles. The minimum atomic E-state index is -1.31. The maximum absolute atomic E-state index is 13.8. The van der Waals surface area contributed by atoms with Crippen LogP contribution in [0, 0.1) is 5.82 Å². The summed E-state index contributed by atoms with van der Waals surface area (Å²) in [5.41, 5.74) is -0.264. The molecule has 1 fully saturated rings. The molecule has 0 spiro atoms. The van der Waals surface area contributed by atoms with Gasteiger partial charge in [0, 0.05) is 29.0 Å². The van der Waals surface area contributed by atoms with Gasteiger partial charge in [0.15, 0.2) is 5.57 Å². The summed E-state index contributed by atoms with van der Waals surface area (Å²) >= 11 is 6.32. The van der Waals surface area contributed by atoms with Crippen molar-refractivity contribution in [3.63, 3.8) is 0 Å². The molecule has 0 aromatic heterocycles. The first-order valence-corrected chi connectivity index (χ1v) is 7.36. The lowest BCUT2D eigenvalue weighted by Crippen LogP contribution is -2.42. The molecule has 1 heterocycles. The molecule has 1 aliphatic heterocycles. The van der Waals surface area contributed by atoms with Crippen LogP contribution in [0.3, 0.4) is 0 Å². The fourth-order valence-electron chi connectivity index (χ4n) is 1.60. The molecule has 8 heteroatoms. The molecule has 0 bridgehead atoms. The van der Waals surface area contributed by atoms with E-state index in [1.54, 1.807) is 6.07 Å². The summed E-state index contributed by atoms with van der Waals surface area (Å²) in [5, 5.41) is 2.56. The van der Waals surface area contributed by atoms with Crippen molar-refractivity contribution >= 4 is 49.5 Å². The highest BCUT2D eigenvalue weighted by Gasteiger charge is 2.39. The van der Waals surface area contributed by atoms with Crippen LogP contribution in [-0.2, 0) is 19.1 Å². The van der Waals surface area contributed by atoms with Crippen molar-refractivity contribution in [3.8, 4) is 0 Å². The second-order valence-corrected chi connectivity index (χ2v) is 6.40. The van der Waals surface area contributed by atoms with Gasteiger partial charge in [0.05, 0.1) is 5.69 Å². The molecule has 0 unspecified atom stereocenters. The average Bonchev–Trinajstić information content (AvgIpc) is 2.29. The molecule has 2 rings (SSSR count). The van der Waals surface area contributed by atoms with E-state index in [0.29, 0.717) is 8.95 Å². The van der Waals surface area contributed by atoms with Crippen molar-refractivity contribution in [1.29, 1.82) is 0 Å². The highest BCUT2D eigenvalue weighted by atomic mass is 79.9. The Bertz CT molecular complexity index is 613. The van der Waals surface area contributed by atoms with Crippen molar-refractivity contribution in [3.05, 3.63) is 38.7 Å². The lowest BCUT2D eigenvalue weighted by atomic mass is 10.2. The number of cyclic esters (lactones) is 2. The first-order chi connectivity index (χ1) is 9.69. The zero-order chi connectivity index (χ0) is 15.8. The minimum absolute atomic E-state index is 0.0798. The molecular formula is C13H10Br2FNO4. The monoisotopic (exact) mass is 421 g/mol. The predicted molar refractivity (Wildman–Crippen MR) is 79.8 cm³/mol. The van der Waals surface area contributed by atoms with Crippen molar-refractivity contribution < 1.29 is 23.5 Å². The Kier molecular flexibility index (Phi) is 4.38. The van der Waals surface area contributed by atoms with E-state index >= 15 is 0 Å². The number of benzene rings is 1. The quantitative estimate of drug-likeness (QED) is 0.449. The molecule has 1 N–H and O–H groups in total.